The molecule has 1 aliphatic heterocycles. The van der Waals surface area contributed by atoms with Crippen LogP contribution < -0.4 is 14.8 Å². The van der Waals surface area contributed by atoms with E-state index in [0.29, 0.717) is 6.04 Å². The molecule has 0 spiro atoms. The molecule has 0 aliphatic carbocycles. The van der Waals surface area contributed by atoms with Gasteiger partial charge in [-0.15, -0.1) is 0 Å². The van der Waals surface area contributed by atoms with Gasteiger partial charge in [0, 0.05) is 19.1 Å². The molecule has 0 saturated carbocycles. The molecule has 4 nitrogen and oxygen atoms in total. The summed E-state index contributed by atoms with van der Waals surface area (Å²) in [5.74, 6) is 1.77. The number of hydrogen-bond donors (Lipinski definition) is 1. The maximum Gasteiger partial charge on any atom is 0.119 e. The number of ether oxygens (including phenoxy) is 2. The molecule has 1 aromatic rings. The van der Waals surface area contributed by atoms with Crippen LogP contribution in [0, 0.1) is 0 Å². The zero-order chi connectivity index (χ0) is 14.2. The summed E-state index contributed by atoms with van der Waals surface area (Å²) in [5, 5.41) is 3.44. The Morgan fingerprint density at radius 2 is 1.95 bits per heavy atom. The van der Waals surface area contributed by atoms with Gasteiger partial charge in [0.05, 0.1) is 7.11 Å². The van der Waals surface area contributed by atoms with Crippen molar-refractivity contribution in [2.24, 2.45) is 0 Å². The van der Waals surface area contributed by atoms with Gasteiger partial charge in [0.15, 0.2) is 0 Å². The fourth-order valence-electron chi connectivity index (χ4n) is 2.67. The molecule has 1 N–H and O–H groups in total. The average Bonchev–Trinajstić information content (AvgIpc) is 3.01. The first-order valence-corrected chi connectivity index (χ1v) is 7.55. The van der Waals surface area contributed by atoms with Crippen molar-refractivity contribution in [3.63, 3.8) is 0 Å². The summed E-state index contributed by atoms with van der Waals surface area (Å²) in [5.41, 5.74) is 0. The Morgan fingerprint density at radius 1 is 1.20 bits per heavy atom. The number of rotatable bonds is 8. The summed E-state index contributed by atoms with van der Waals surface area (Å²) in [6.07, 6.45) is 2.45. The fourth-order valence-corrected chi connectivity index (χ4v) is 2.67. The minimum Gasteiger partial charge on any atom is -0.497 e. The van der Waals surface area contributed by atoms with E-state index in [4.69, 9.17) is 9.47 Å². The van der Waals surface area contributed by atoms with Crippen LogP contribution in [0.2, 0.25) is 0 Å². The predicted molar refractivity (Wildman–Crippen MR) is 81.6 cm³/mol. The highest BCUT2D eigenvalue weighted by atomic mass is 16.5. The molecule has 1 unspecified atom stereocenters. The van der Waals surface area contributed by atoms with Gasteiger partial charge in [-0.1, -0.05) is 6.92 Å². The van der Waals surface area contributed by atoms with Crippen molar-refractivity contribution in [1.82, 2.24) is 10.2 Å². The van der Waals surface area contributed by atoms with E-state index in [-0.39, 0.29) is 0 Å². The lowest BCUT2D eigenvalue weighted by Crippen LogP contribution is -2.40. The second-order valence-electron chi connectivity index (χ2n) is 5.21. The van der Waals surface area contributed by atoms with Gasteiger partial charge in [-0.25, -0.2) is 0 Å². The number of hydrogen-bond acceptors (Lipinski definition) is 4. The third-order valence-corrected chi connectivity index (χ3v) is 3.77. The van der Waals surface area contributed by atoms with E-state index in [1.54, 1.807) is 7.11 Å². The third kappa shape index (κ3) is 4.39. The largest absolute Gasteiger partial charge is 0.497 e. The Labute approximate surface area is 122 Å². The molecule has 0 amide bonds. The van der Waals surface area contributed by atoms with E-state index in [9.17, 15) is 0 Å². The van der Waals surface area contributed by atoms with Gasteiger partial charge in [0.25, 0.3) is 0 Å². The highest BCUT2D eigenvalue weighted by molar-refractivity contribution is 5.31. The summed E-state index contributed by atoms with van der Waals surface area (Å²) < 4.78 is 11.0. The van der Waals surface area contributed by atoms with Crippen LogP contribution in [-0.2, 0) is 0 Å². The Hall–Kier alpha value is -1.26. The van der Waals surface area contributed by atoms with Gasteiger partial charge in [-0.3, -0.25) is 4.90 Å². The van der Waals surface area contributed by atoms with Gasteiger partial charge >= 0.3 is 0 Å². The lowest BCUT2D eigenvalue weighted by atomic mass is 10.2. The average molecular weight is 278 g/mol. The van der Waals surface area contributed by atoms with Crippen molar-refractivity contribution in [2.45, 2.75) is 25.8 Å². The smallest absolute Gasteiger partial charge is 0.119 e. The van der Waals surface area contributed by atoms with Crippen molar-refractivity contribution >= 4 is 0 Å². The van der Waals surface area contributed by atoms with Crippen LogP contribution in [0.5, 0.6) is 11.5 Å². The van der Waals surface area contributed by atoms with E-state index >= 15 is 0 Å². The summed E-state index contributed by atoms with van der Waals surface area (Å²) in [6.45, 7) is 7.37. The molecule has 1 aromatic carbocycles. The minimum atomic E-state index is 0.675. The molecule has 0 bridgehead atoms. The van der Waals surface area contributed by atoms with Crippen molar-refractivity contribution in [3.8, 4) is 11.5 Å². The van der Waals surface area contributed by atoms with Crippen LogP contribution in [0.1, 0.15) is 19.8 Å². The monoisotopic (exact) mass is 278 g/mol. The van der Waals surface area contributed by atoms with Crippen LogP contribution in [0.15, 0.2) is 24.3 Å². The molecule has 1 aliphatic rings. The highest BCUT2D eigenvalue weighted by Crippen LogP contribution is 2.17. The van der Waals surface area contributed by atoms with E-state index in [1.807, 2.05) is 24.3 Å². The van der Waals surface area contributed by atoms with Crippen LogP contribution in [0.3, 0.4) is 0 Å². The Balaban J connectivity index is 1.76. The molecule has 0 aromatic heterocycles. The highest BCUT2D eigenvalue weighted by Gasteiger charge is 2.21. The van der Waals surface area contributed by atoms with E-state index < -0.39 is 0 Å². The summed E-state index contributed by atoms with van der Waals surface area (Å²) in [4.78, 5) is 2.55. The normalized spacial score (nSPS) is 18.4. The topological polar surface area (TPSA) is 33.7 Å². The Kier molecular flexibility index (Phi) is 6.15. The molecule has 2 rings (SSSR count). The first-order valence-electron chi connectivity index (χ1n) is 7.55. The zero-order valence-electron chi connectivity index (χ0n) is 12.6. The maximum absolute atomic E-state index is 5.82. The number of nitrogens with one attached hydrogen (secondary N) is 1. The molecule has 0 radical (unpaired) electrons. The van der Waals surface area contributed by atoms with E-state index in [2.05, 4.69) is 17.1 Å². The van der Waals surface area contributed by atoms with Crippen molar-refractivity contribution in [2.75, 3.05) is 39.9 Å². The number of benzene rings is 1. The maximum atomic E-state index is 5.82. The van der Waals surface area contributed by atoms with Crippen molar-refractivity contribution < 1.29 is 9.47 Å². The predicted octanol–water partition coefficient (Wildman–Crippen LogP) is 2.15. The first-order chi connectivity index (χ1) is 9.83. The number of methoxy groups -OCH3 is 1. The molecule has 1 fully saturated rings. The molecular weight excluding hydrogens is 252 g/mol. The third-order valence-electron chi connectivity index (χ3n) is 3.77. The van der Waals surface area contributed by atoms with Crippen LogP contribution in [0.4, 0.5) is 0 Å². The summed E-state index contributed by atoms with van der Waals surface area (Å²) in [6, 6.07) is 8.45. The second-order valence-corrected chi connectivity index (χ2v) is 5.21. The molecule has 20 heavy (non-hydrogen) atoms. The number of nitrogens with zero attached hydrogens (tertiary/aromatic N) is 1. The Bertz CT molecular complexity index is 375. The zero-order valence-corrected chi connectivity index (χ0v) is 12.6. The minimum absolute atomic E-state index is 0.675. The van der Waals surface area contributed by atoms with Crippen LogP contribution in [-0.4, -0.2) is 50.8 Å². The molecule has 4 heteroatoms. The molecule has 1 heterocycles. The lowest BCUT2D eigenvalue weighted by molar-refractivity contribution is 0.167. The van der Waals surface area contributed by atoms with Crippen LogP contribution >= 0.6 is 0 Å². The lowest BCUT2D eigenvalue weighted by Gasteiger charge is -2.27. The second kappa shape index (κ2) is 8.12. The van der Waals surface area contributed by atoms with Gasteiger partial charge < -0.3 is 14.8 Å². The Morgan fingerprint density at radius 3 is 2.55 bits per heavy atom. The van der Waals surface area contributed by atoms with Crippen molar-refractivity contribution in [3.05, 3.63) is 24.3 Å². The van der Waals surface area contributed by atoms with Gasteiger partial charge in [-0.05, 0) is 50.2 Å². The quantitative estimate of drug-likeness (QED) is 0.790. The van der Waals surface area contributed by atoms with Gasteiger partial charge in [-0.2, -0.15) is 0 Å². The molecule has 1 saturated heterocycles. The summed E-state index contributed by atoms with van der Waals surface area (Å²) in [7, 11) is 1.67. The van der Waals surface area contributed by atoms with Gasteiger partial charge in [0.1, 0.15) is 18.1 Å². The van der Waals surface area contributed by atoms with Gasteiger partial charge in [0.2, 0.25) is 0 Å². The SMILES string of the molecule is CCCN(CCOc1ccc(OC)cc1)C1CCNC1. The molecular formula is C16H26N2O2. The molecule has 1 atom stereocenters. The molecule has 112 valence electrons. The van der Waals surface area contributed by atoms with E-state index in [1.165, 1.54) is 12.8 Å². The van der Waals surface area contributed by atoms with E-state index in [0.717, 1.165) is 44.3 Å². The fraction of sp³-hybridized carbons (Fsp3) is 0.625. The first kappa shape index (κ1) is 15.1. The standard InChI is InChI=1S/C16H26N2O2/c1-3-10-18(14-8-9-17-13-14)11-12-20-16-6-4-15(19-2)5-7-16/h4-7,14,17H,3,8-13H2,1-2H3. The van der Waals surface area contributed by atoms with Crippen LogP contribution in [0.25, 0.3) is 0 Å². The van der Waals surface area contributed by atoms with Crippen molar-refractivity contribution in [1.29, 1.82) is 0 Å². The summed E-state index contributed by atoms with van der Waals surface area (Å²) >= 11 is 0.